The molecule has 90 valence electrons. The number of aryl methyl sites for hydroxylation is 1. The Bertz CT molecular complexity index is 322. The summed E-state index contributed by atoms with van der Waals surface area (Å²) < 4.78 is 5.36. The zero-order chi connectivity index (χ0) is 12.2. The SMILES string of the molecule is COc1ccccc1CCC(C)C(C)(C)C. The van der Waals surface area contributed by atoms with Gasteiger partial charge in [-0.15, -0.1) is 0 Å². The Labute approximate surface area is 99.8 Å². The lowest BCUT2D eigenvalue weighted by Gasteiger charge is -2.27. The molecule has 0 aliphatic carbocycles. The molecule has 1 unspecified atom stereocenters. The van der Waals surface area contributed by atoms with E-state index < -0.39 is 0 Å². The minimum Gasteiger partial charge on any atom is -0.496 e. The van der Waals surface area contributed by atoms with Crippen molar-refractivity contribution in [3.8, 4) is 5.75 Å². The summed E-state index contributed by atoms with van der Waals surface area (Å²) in [6, 6.07) is 8.31. The summed E-state index contributed by atoms with van der Waals surface area (Å²) in [5.74, 6) is 1.74. The van der Waals surface area contributed by atoms with Crippen LogP contribution < -0.4 is 4.74 Å². The molecule has 0 saturated heterocycles. The molecule has 0 bridgehead atoms. The van der Waals surface area contributed by atoms with Crippen molar-refractivity contribution in [3.05, 3.63) is 29.8 Å². The van der Waals surface area contributed by atoms with Gasteiger partial charge >= 0.3 is 0 Å². The van der Waals surface area contributed by atoms with Gasteiger partial charge in [0.2, 0.25) is 0 Å². The topological polar surface area (TPSA) is 9.23 Å². The summed E-state index contributed by atoms with van der Waals surface area (Å²) in [7, 11) is 1.74. The zero-order valence-corrected chi connectivity index (χ0v) is 11.2. The van der Waals surface area contributed by atoms with Crippen molar-refractivity contribution in [1.29, 1.82) is 0 Å². The molecule has 1 aromatic carbocycles. The molecule has 0 N–H and O–H groups in total. The molecule has 0 spiro atoms. The van der Waals surface area contributed by atoms with Crippen LogP contribution >= 0.6 is 0 Å². The highest BCUT2D eigenvalue weighted by atomic mass is 16.5. The Hall–Kier alpha value is -0.980. The van der Waals surface area contributed by atoms with Crippen LogP contribution in [0.3, 0.4) is 0 Å². The molecule has 0 radical (unpaired) electrons. The van der Waals surface area contributed by atoms with Crippen molar-refractivity contribution < 1.29 is 4.74 Å². The largest absolute Gasteiger partial charge is 0.496 e. The van der Waals surface area contributed by atoms with Crippen LogP contribution in [0.1, 0.15) is 39.7 Å². The molecule has 1 atom stereocenters. The summed E-state index contributed by atoms with van der Waals surface area (Å²) in [6.45, 7) is 9.25. The monoisotopic (exact) mass is 220 g/mol. The van der Waals surface area contributed by atoms with Crippen LogP contribution in [0.2, 0.25) is 0 Å². The molecular formula is C15H24O. The standard InChI is InChI=1S/C15H24O/c1-12(15(2,3)4)10-11-13-8-6-7-9-14(13)16-5/h6-9,12H,10-11H2,1-5H3. The fraction of sp³-hybridized carbons (Fsp3) is 0.600. The van der Waals surface area contributed by atoms with Crippen LogP contribution in [0.15, 0.2) is 24.3 Å². The Morgan fingerprint density at radius 2 is 1.81 bits per heavy atom. The van der Waals surface area contributed by atoms with Crippen molar-refractivity contribution in [2.75, 3.05) is 7.11 Å². The Morgan fingerprint density at radius 3 is 2.38 bits per heavy atom. The van der Waals surface area contributed by atoms with Gasteiger partial charge in [0.1, 0.15) is 5.75 Å². The van der Waals surface area contributed by atoms with Gasteiger partial charge in [-0.25, -0.2) is 0 Å². The lowest BCUT2D eigenvalue weighted by Crippen LogP contribution is -2.17. The lowest BCUT2D eigenvalue weighted by molar-refractivity contribution is 0.246. The van der Waals surface area contributed by atoms with Crippen molar-refractivity contribution in [2.45, 2.75) is 40.5 Å². The maximum Gasteiger partial charge on any atom is 0.122 e. The summed E-state index contributed by atoms with van der Waals surface area (Å²) in [6.07, 6.45) is 2.31. The fourth-order valence-corrected chi connectivity index (χ4v) is 1.71. The molecule has 1 heteroatoms. The maximum absolute atomic E-state index is 5.36. The van der Waals surface area contributed by atoms with E-state index in [1.165, 1.54) is 12.0 Å². The number of benzene rings is 1. The average Bonchev–Trinajstić information content (AvgIpc) is 2.24. The van der Waals surface area contributed by atoms with E-state index in [0.717, 1.165) is 18.1 Å². The van der Waals surface area contributed by atoms with E-state index in [1.54, 1.807) is 7.11 Å². The van der Waals surface area contributed by atoms with Gasteiger partial charge in [0, 0.05) is 0 Å². The van der Waals surface area contributed by atoms with E-state index in [1.807, 2.05) is 12.1 Å². The molecule has 0 saturated carbocycles. The van der Waals surface area contributed by atoms with E-state index in [2.05, 4.69) is 39.8 Å². The van der Waals surface area contributed by atoms with Crippen LogP contribution in [-0.4, -0.2) is 7.11 Å². The highest BCUT2D eigenvalue weighted by molar-refractivity contribution is 5.33. The first-order valence-corrected chi connectivity index (χ1v) is 6.07. The van der Waals surface area contributed by atoms with Gasteiger partial charge in [0.25, 0.3) is 0 Å². The van der Waals surface area contributed by atoms with Crippen molar-refractivity contribution in [3.63, 3.8) is 0 Å². The van der Waals surface area contributed by atoms with E-state index >= 15 is 0 Å². The molecule has 0 aliphatic heterocycles. The van der Waals surface area contributed by atoms with Crippen LogP contribution in [0, 0.1) is 11.3 Å². The summed E-state index contributed by atoms with van der Waals surface area (Å²) in [5.41, 5.74) is 1.71. The summed E-state index contributed by atoms with van der Waals surface area (Å²) in [4.78, 5) is 0. The normalized spacial score (nSPS) is 13.6. The third kappa shape index (κ3) is 3.55. The first-order valence-electron chi connectivity index (χ1n) is 6.07. The van der Waals surface area contributed by atoms with Crippen LogP contribution in [0.4, 0.5) is 0 Å². The summed E-state index contributed by atoms with van der Waals surface area (Å²) >= 11 is 0. The minimum absolute atomic E-state index is 0.391. The second-order valence-corrected chi connectivity index (χ2v) is 5.62. The zero-order valence-electron chi connectivity index (χ0n) is 11.2. The molecule has 1 aromatic rings. The number of ether oxygens (including phenoxy) is 1. The van der Waals surface area contributed by atoms with Gasteiger partial charge in [-0.2, -0.15) is 0 Å². The summed E-state index contributed by atoms with van der Waals surface area (Å²) in [5, 5.41) is 0. The van der Waals surface area contributed by atoms with Crippen LogP contribution in [0.25, 0.3) is 0 Å². The van der Waals surface area contributed by atoms with E-state index in [0.29, 0.717) is 5.41 Å². The first kappa shape index (κ1) is 13.1. The molecule has 1 nitrogen and oxygen atoms in total. The number of hydrogen-bond donors (Lipinski definition) is 0. The van der Waals surface area contributed by atoms with Gasteiger partial charge in [0.05, 0.1) is 7.11 Å². The molecule has 1 rings (SSSR count). The molecule has 0 heterocycles. The van der Waals surface area contributed by atoms with Gasteiger partial charge in [0.15, 0.2) is 0 Å². The number of para-hydroxylation sites is 1. The average molecular weight is 220 g/mol. The van der Waals surface area contributed by atoms with Crippen molar-refractivity contribution in [2.24, 2.45) is 11.3 Å². The minimum atomic E-state index is 0.391. The van der Waals surface area contributed by atoms with Gasteiger partial charge in [-0.1, -0.05) is 45.9 Å². The fourth-order valence-electron chi connectivity index (χ4n) is 1.71. The Balaban J connectivity index is 2.61. The smallest absolute Gasteiger partial charge is 0.122 e. The first-order chi connectivity index (χ1) is 7.45. The third-order valence-electron chi connectivity index (χ3n) is 3.52. The third-order valence-corrected chi connectivity index (χ3v) is 3.52. The van der Waals surface area contributed by atoms with Crippen molar-refractivity contribution >= 4 is 0 Å². The quantitative estimate of drug-likeness (QED) is 0.734. The van der Waals surface area contributed by atoms with Gasteiger partial charge < -0.3 is 4.74 Å². The van der Waals surface area contributed by atoms with E-state index in [4.69, 9.17) is 4.74 Å². The molecule has 0 aliphatic rings. The number of hydrogen-bond acceptors (Lipinski definition) is 1. The number of rotatable bonds is 4. The predicted octanol–water partition coefficient (Wildman–Crippen LogP) is 4.31. The molecule has 0 aromatic heterocycles. The molecular weight excluding hydrogens is 196 g/mol. The Morgan fingerprint density at radius 1 is 1.19 bits per heavy atom. The molecule has 0 fully saturated rings. The molecule has 0 amide bonds. The lowest BCUT2D eigenvalue weighted by atomic mass is 9.79. The van der Waals surface area contributed by atoms with Crippen molar-refractivity contribution in [1.82, 2.24) is 0 Å². The van der Waals surface area contributed by atoms with E-state index in [-0.39, 0.29) is 0 Å². The number of methoxy groups -OCH3 is 1. The predicted molar refractivity (Wildman–Crippen MR) is 69.9 cm³/mol. The van der Waals surface area contributed by atoms with Crippen LogP contribution in [-0.2, 0) is 6.42 Å². The highest BCUT2D eigenvalue weighted by Crippen LogP contribution is 2.30. The maximum atomic E-state index is 5.36. The second kappa shape index (κ2) is 5.38. The molecule has 16 heavy (non-hydrogen) atoms. The van der Waals surface area contributed by atoms with E-state index in [9.17, 15) is 0 Å². The van der Waals surface area contributed by atoms with Gasteiger partial charge in [-0.3, -0.25) is 0 Å². The van der Waals surface area contributed by atoms with Gasteiger partial charge in [-0.05, 0) is 35.8 Å². The Kier molecular flexibility index (Phi) is 4.40. The highest BCUT2D eigenvalue weighted by Gasteiger charge is 2.19. The van der Waals surface area contributed by atoms with Crippen LogP contribution in [0.5, 0.6) is 5.75 Å². The second-order valence-electron chi connectivity index (χ2n) is 5.62.